The number of hydrogen-bond donors (Lipinski definition) is 0. The highest BCUT2D eigenvalue weighted by molar-refractivity contribution is 8.18. The molecule has 0 aliphatic carbocycles. The van der Waals surface area contributed by atoms with Crippen LogP contribution in [0.2, 0.25) is 0 Å². The van der Waals surface area contributed by atoms with Crippen molar-refractivity contribution >= 4 is 34.5 Å². The topological polar surface area (TPSA) is 59.0 Å². The van der Waals surface area contributed by atoms with Gasteiger partial charge in [-0.05, 0) is 43.0 Å². The Morgan fingerprint density at radius 1 is 1.43 bits per heavy atom. The number of rotatable bonds is 3. The molecule has 5 nitrogen and oxygen atoms in total. The summed E-state index contributed by atoms with van der Waals surface area (Å²) in [7, 11) is 1.24. The van der Waals surface area contributed by atoms with E-state index in [-0.39, 0.29) is 16.6 Å². The third-order valence-electron chi connectivity index (χ3n) is 2.71. The Morgan fingerprint density at radius 3 is 2.67 bits per heavy atom. The Labute approximate surface area is 125 Å². The fourth-order valence-electron chi connectivity index (χ4n) is 1.66. The molecule has 1 heterocycles. The van der Waals surface area contributed by atoms with E-state index < -0.39 is 5.97 Å². The van der Waals surface area contributed by atoms with Crippen LogP contribution in [0.15, 0.2) is 40.2 Å². The average Bonchev–Trinajstić information content (AvgIpc) is 2.76. The van der Waals surface area contributed by atoms with E-state index in [1.54, 1.807) is 6.92 Å². The summed E-state index contributed by atoms with van der Waals surface area (Å²) in [6.45, 7) is 2.23. The van der Waals surface area contributed by atoms with E-state index in [1.165, 1.54) is 36.3 Å². The van der Waals surface area contributed by atoms with Crippen LogP contribution in [-0.2, 0) is 14.3 Å². The van der Waals surface area contributed by atoms with Gasteiger partial charge >= 0.3 is 5.97 Å². The number of benzene rings is 1. The van der Waals surface area contributed by atoms with Crippen molar-refractivity contribution in [1.82, 2.24) is 4.90 Å². The Balaban J connectivity index is 2.31. The van der Waals surface area contributed by atoms with E-state index in [2.05, 4.69) is 9.73 Å². The maximum Gasteiger partial charge on any atom is 0.331 e. The lowest BCUT2D eigenvalue weighted by molar-refractivity contribution is -0.135. The molecule has 0 radical (unpaired) electrons. The van der Waals surface area contributed by atoms with E-state index in [0.717, 1.165) is 17.8 Å². The van der Waals surface area contributed by atoms with Crippen molar-refractivity contribution in [2.45, 2.75) is 6.92 Å². The van der Waals surface area contributed by atoms with Gasteiger partial charge in [0.1, 0.15) is 5.82 Å². The summed E-state index contributed by atoms with van der Waals surface area (Å²) in [5, 5.41) is 0.448. The van der Waals surface area contributed by atoms with Crippen LogP contribution in [0, 0.1) is 5.82 Å². The smallest absolute Gasteiger partial charge is 0.331 e. The third kappa shape index (κ3) is 3.49. The van der Waals surface area contributed by atoms with Crippen LogP contribution in [0.25, 0.3) is 0 Å². The molecule has 1 saturated heterocycles. The minimum atomic E-state index is -0.593. The number of halogens is 1. The number of aliphatic imine (C=N–C) groups is 1. The Kier molecular flexibility index (Phi) is 4.74. The first-order valence-electron chi connectivity index (χ1n) is 6.18. The zero-order valence-electron chi connectivity index (χ0n) is 11.5. The Morgan fingerprint density at radius 2 is 2.10 bits per heavy atom. The van der Waals surface area contributed by atoms with Crippen molar-refractivity contribution in [3.05, 3.63) is 41.1 Å². The number of likely N-dealkylation sites (N-methyl/N-ethyl adjacent to an activating group) is 1. The molecule has 1 aromatic rings. The molecule has 1 fully saturated rings. The molecule has 0 unspecified atom stereocenters. The van der Waals surface area contributed by atoms with Gasteiger partial charge in [-0.15, -0.1) is 0 Å². The van der Waals surface area contributed by atoms with Crippen molar-refractivity contribution in [3.63, 3.8) is 0 Å². The molecule has 0 bridgehead atoms. The normalized spacial score (nSPS) is 18.6. The van der Waals surface area contributed by atoms with Gasteiger partial charge in [-0.1, -0.05) is 0 Å². The molecule has 0 aromatic heterocycles. The van der Waals surface area contributed by atoms with Crippen LogP contribution in [0.1, 0.15) is 6.92 Å². The van der Waals surface area contributed by atoms with Crippen LogP contribution in [-0.4, -0.2) is 35.6 Å². The number of carbonyl (C=O) groups excluding carboxylic acids is 2. The standard InChI is InChI=1S/C14H13FN2O3S/c1-3-17-13(19)11(8-12(18)20-2)21-14(17)16-10-6-4-9(15)5-7-10/h4-8H,3H2,1-2H3/b11-8+,16-14?. The fraction of sp³-hybridized carbons (Fsp3) is 0.214. The molecule has 1 amide bonds. The summed E-state index contributed by atoms with van der Waals surface area (Å²) in [5.74, 6) is -1.24. The van der Waals surface area contributed by atoms with Crippen LogP contribution in [0.4, 0.5) is 10.1 Å². The van der Waals surface area contributed by atoms with E-state index in [9.17, 15) is 14.0 Å². The molecule has 1 aromatic carbocycles. The maximum atomic E-state index is 12.9. The molecule has 1 aliphatic heterocycles. The predicted molar refractivity (Wildman–Crippen MR) is 78.6 cm³/mol. The van der Waals surface area contributed by atoms with Gasteiger partial charge in [-0.3, -0.25) is 9.69 Å². The van der Waals surface area contributed by atoms with Gasteiger partial charge < -0.3 is 4.74 Å². The molecule has 1 aliphatic rings. The largest absolute Gasteiger partial charge is 0.466 e. The van der Waals surface area contributed by atoms with Crippen LogP contribution >= 0.6 is 11.8 Å². The molecule has 110 valence electrons. The predicted octanol–water partition coefficient (Wildman–Crippen LogP) is 2.47. The van der Waals surface area contributed by atoms with E-state index in [1.807, 2.05) is 0 Å². The number of amidine groups is 1. The van der Waals surface area contributed by atoms with E-state index in [4.69, 9.17) is 0 Å². The monoisotopic (exact) mass is 308 g/mol. The maximum absolute atomic E-state index is 12.9. The quantitative estimate of drug-likeness (QED) is 0.636. The van der Waals surface area contributed by atoms with Crippen LogP contribution in [0.5, 0.6) is 0 Å². The minimum Gasteiger partial charge on any atom is -0.466 e. The van der Waals surface area contributed by atoms with Gasteiger partial charge in [0.25, 0.3) is 5.91 Å². The second-order valence-corrected chi connectivity index (χ2v) is 5.06. The van der Waals surface area contributed by atoms with Crippen molar-refractivity contribution < 1.29 is 18.7 Å². The van der Waals surface area contributed by atoms with E-state index >= 15 is 0 Å². The number of ether oxygens (including phenoxy) is 1. The van der Waals surface area contributed by atoms with Crippen LogP contribution in [0.3, 0.4) is 0 Å². The summed E-state index contributed by atoms with van der Waals surface area (Å²) >= 11 is 1.09. The van der Waals surface area contributed by atoms with E-state index in [0.29, 0.717) is 17.4 Å². The summed E-state index contributed by atoms with van der Waals surface area (Å²) in [4.78, 5) is 29.4. The average molecular weight is 308 g/mol. The van der Waals surface area contributed by atoms with Gasteiger partial charge in [-0.2, -0.15) is 0 Å². The first-order valence-corrected chi connectivity index (χ1v) is 7.00. The summed E-state index contributed by atoms with van der Waals surface area (Å²) in [5.41, 5.74) is 0.532. The number of esters is 1. The molecule has 0 atom stereocenters. The number of hydrogen-bond acceptors (Lipinski definition) is 5. The highest BCUT2D eigenvalue weighted by Crippen LogP contribution is 2.32. The number of methoxy groups -OCH3 is 1. The van der Waals surface area contributed by atoms with Crippen molar-refractivity contribution in [2.75, 3.05) is 13.7 Å². The van der Waals surface area contributed by atoms with Gasteiger partial charge in [0.15, 0.2) is 5.17 Å². The molecule has 21 heavy (non-hydrogen) atoms. The zero-order valence-corrected chi connectivity index (χ0v) is 12.3. The third-order valence-corrected chi connectivity index (χ3v) is 3.71. The lowest BCUT2D eigenvalue weighted by atomic mass is 10.3. The molecule has 0 saturated carbocycles. The summed E-state index contributed by atoms with van der Waals surface area (Å²) < 4.78 is 17.4. The summed E-state index contributed by atoms with van der Waals surface area (Å²) in [6, 6.07) is 5.62. The van der Waals surface area contributed by atoms with Crippen molar-refractivity contribution in [3.8, 4) is 0 Å². The number of nitrogens with zero attached hydrogens (tertiary/aromatic N) is 2. The van der Waals surface area contributed by atoms with Gasteiger partial charge in [0.2, 0.25) is 0 Å². The first kappa shape index (κ1) is 15.2. The number of thioether (sulfide) groups is 1. The fourth-order valence-corrected chi connectivity index (χ4v) is 2.68. The Bertz CT molecular complexity index is 626. The van der Waals surface area contributed by atoms with Gasteiger partial charge in [0, 0.05) is 12.6 Å². The minimum absolute atomic E-state index is 0.254. The van der Waals surface area contributed by atoms with Crippen molar-refractivity contribution in [1.29, 1.82) is 0 Å². The number of carbonyl (C=O) groups is 2. The molecule has 7 heteroatoms. The van der Waals surface area contributed by atoms with Gasteiger partial charge in [0.05, 0.1) is 17.7 Å². The molecule has 2 rings (SSSR count). The van der Waals surface area contributed by atoms with Gasteiger partial charge in [-0.25, -0.2) is 14.2 Å². The first-order chi connectivity index (χ1) is 10.0. The lowest BCUT2D eigenvalue weighted by Crippen LogP contribution is -2.28. The summed E-state index contributed by atoms with van der Waals surface area (Å²) in [6.07, 6.45) is 1.14. The second-order valence-electron chi connectivity index (χ2n) is 4.05. The molecular weight excluding hydrogens is 295 g/mol. The van der Waals surface area contributed by atoms with Crippen molar-refractivity contribution in [2.24, 2.45) is 4.99 Å². The highest BCUT2D eigenvalue weighted by atomic mass is 32.2. The number of amides is 1. The lowest BCUT2D eigenvalue weighted by Gasteiger charge is -2.11. The molecular formula is C14H13FN2O3S. The second kappa shape index (κ2) is 6.53. The molecule has 0 spiro atoms. The SMILES string of the molecule is CCN1C(=O)/C(=C\C(=O)OC)SC1=Nc1ccc(F)cc1. The highest BCUT2D eigenvalue weighted by Gasteiger charge is 2.32. The Hall–Kier alpha value is -2.15. The zero-order chi connectivity index (χ0) is 15.4. The van der Waals surface area contributed by atoms with Crippen LogP contribution < -0.4 is 0 Å². The molecule has 0 N–H and O–H groups in total.